The fourth-order valence-corrected chi connectivity index (χ4v) is 3.66. The van der Waals surface area contributed by atoms with Crippen LogP contribution in [0.3, 0.4) is 0 Å². The van der Waals surface area contributed by atoms with Crippen LogP contribution < -0.4 is 16.0 Å². The van der Waals surface area contributed by atoms with Crippen LogP contribution in [0, 0.1) is 5.41 Å². The molecule has 1 aromatic rings. The van der Waals surface area contributed by atoms with Gasteiger partial charge in [-0.15, -0.1) is 0 Å². The van der Waals surface area contributed by atoms with E-state index >= 15 is 0 Å². The molecule has 5 amide bonds. The fourth-order valence-electron chi connectivity index (χ4n) is 3.66. The van der Waals surface area contributed by atoms with Gasteiger partial charge in [0, 0.05) is 25.2 Å². The number of halogens is 2. The maximum absolute atomic E-state index is 13.0. The number of carbonyl (C=O) groups is 5. The Kier molecular flexibility index (Phi) is 7.09. The van der Waals surface area contributed by atoms with Crippen molar-refractivity contribution in [2.45, 2.75) is 52.0 Å². The Bertz CT molecular complexity index is 995. The molecule has 1 atom stereocenters. The molecular formula is C22H26F2N4O5. The van der Waals surface area contributed by atoms with Crippen LogP contribution in [-0.4, -0.2) is 60.0 Å². The highest BCUT2D eigenvalue weighted by Crippen LogP contribution is 2.32. The number of nitrogens with zero attached hydrogens (tertiary/aromatic N) is 1. The lowest BCUT2D eigenvalue weighted by atomic mass is 9.93. The maximum Gasteiger partial charge on any atom is 0.264 e. The Morgan fingerprint density at radius 1 is 1.15 bits per heavy atom. The summed E-state index contributed by atoms with van der Waals surface area (Å²) < 4.78 is 25.7. The zero-order chi connectivity index (χ0) is 24.3. The first-order valence-corrected chi connectivity index (χ1v) is 10.7. The number of nitrogens with one attached hydrogen (secondary N) is 3. The molecule has 3 rings (SSSR count). The van der Waals surface area contributed by atoms with Crippen molar-refractivity contribution in [3.8, 4) is 0 Å². The topological polar surface area (TPSA) is 125 Å². The minimum atomic E-state index is -2.76. The Labute approximate surface area is 189 Å². The largest absolute Gasteiger partial charge is 0.384 e. The smallest absolute Gasteiger partial charge is 0.264 e. The summed E-state index contributed by atoms with van der Waals surface area (Å²) in [6.45, 7) is 3.00. The minimum absolute atomic E-state index is 0.0416. The van der Waals surface area contributed by atoms with Crippen LogP contribution >= 0.6 is 0 Å². The van der Waals surface area contributed by atoms with E-state index in [-0.39, 0.29) is 30.5 Å². The first kappa shape index (κ1) is 24.3. The molecule has 0 spiro atoms. The first-order valence-electron chi connectivity index (χ1n) is 10.7. The normalized spacial score (nSPS) is 18.5. The zero-order valence-corrected chi connectivity index (χ0v) is 18.4. The number of hydrogen-bond acceptors (Lipinski definition) is 6. The summed E-state index contributed by atoms with van der Waals surface area (Å²) in [5.74, 6) is -3.02. The number of hydrogen-bond donors (Lipinski definition) is 3. The average Bonchev–Trinajstić information content (AvgIpc) is 3.01. The number of fused-ring (bicyclic) bond motifs is 1. The van der Waals surface area contributed by atoms with Gasteiger partial charge in [0.05, 0.1) is 11.1 Å². The molecule has 9 nitrogen and oxygen atoms in total. The number of amides is 5. The van der Waals surface area contributed by atoms with Crippen LogP contribution in [0.25, 0.3) is 0 Å². The predicted molar refractivity (Wildman–Crippen MR) is 114 cm³/mol. The van der Waals surface area contributed by atoms with Gasteiger partial charge in [0.15, 0.2) is 0 Å². The van der Waals surface area contributed by atoms with Gasteiger partial charge in [0.2, 0.25) is 17.7 Å². The monoisotopic (exact) mass is 464 g/mol. The molecule has 33 heavy (non-hydrogen) atoms. The molecule has 1 aromatic carbocycles. The van der Waals surface area contributed by atoms with E-state index in [4.69, 9.17) is 0 Å². The highest BCUT2D eigenvalue weighted by Gasteiger charge is 2.45. The molecule has 0 radical (unpaired) electrons. The Hall–Kier alpha value is -3.37. The molecule has 178 valence electrons. The van der Waals surface area contributed by atoms with Crippen molar-refractivity contribution in [2.75, 3.05) is 18.4 Å². The van der Waals surface area contributed by atoms with E-state index in [0.29, 0.717) is 25.1 Å². The number of carbonyl (C=O) groups excluding carboxylic acids is 5. The molecule has 1 fully saturated rings. The number of piperidine rings is 1. The average molecular weight is 464 g/mol. The van der Waals surface area contributed by atoms with E-state index in [1.807, 2.05) is 0 Å². The van der Waals surface area contributed by atoms with Crippen molar-refractivity contribution >= 4 is 35.2 Å². The lowest BCUT2D eigenvalue weighted by molar-refractivity contribution is -0.138. The third-order valence-electron chi connectivity index (χ3n) is 5.80. The number of rotatable bonds is 9. The molecule has 0 aromatic heterocycles. The summed E-state index contributed by atoms with van der Waals surface area (Å²) in [7, 11) is 0. The third-order valence-corrected chi connectivity index (χ3v) is 5.80. The maximum atomic E-state index is 13.0. The van der Waals surface area contributed by atoms with Gasteiger partial charge >= 0.3 is 0 Å². The van der Waals surface area contributed by atoms with E-state index in [1.165, 1.54) is 19.9 Å². The van der Waals surface area contributed by atoms with Crippen molar-refractivity contribution in [1.82, 2.24) is 15.5 Å². The standard InChI is InChI=1S/C22H26F2N4O5/c1-22(2,20(23)24)21(33)26-11-4-3-10-25-13-7-5-6-12-16(13)19(32)28(18(12)31)14-8-9-15(29)27-17(14)30/h5-7,14,20,25H,3-4,8-11H2,1-2H3,(H,26,33)(H,27,29,30). The van der Waals surface area contributed by atoms with Crippen molar-refractivity contribution in [2.24, 2.45) is 5.41 Å². The Morgan fingerprint density at radius 3 is 2.52 bits per heavy atom. The van der Waals surface area contributed by atoms with E-state index in [0.717, 1.165) is 4.90 Å². The number of imide groups is 2. The molecule has 2 heterocycles. The van der Waals surface area contributed by atoms with Crippen LogP contribution in [0.5, 0.6) is 0 Å². The van der Waals surface area contributed by atoms with Crippen molar-refractivity contribution < 1.29 is 32.8 Å². The van der Waals surface area contributed by atoms with Crippen LogP contribution in [0.4, 0.5) is 14.5 Å². The lowest BCUT2D eigenvalue weighted by Gasteiger charge is -2.27. The second-order valence-electron chi connectivity index (χ2n) is 8.59. The van der Waals surface area contributed by atoms with Crippen LogP contribution in [-0.2, 0) is 14.4 Å². The number of alkyl halides is 2. The molecule has 3 N–H and O–H groups in total. The van der Waals surface area contributed by atoms with Gasteiger partial charge in [-0.1, -0.05) is 6.07 Å². The van der Waals surface area contributed by atoms with E-state index in [1.54, 1.807) is 12.1 Å². The Balaban J connectivity index is 1.56. The van der Waals surface area contributed by atoms with Crippen molar-refractivity contribution in [3.05, 3.63) is 29.3 Å². The quantitative estimate of drug-likeness (QED) is 0.377. The highest BCUT2D eigenvalue weighted by molar-refractivity contribution is 6.25. The van der Waals surface area contributed by atoms with E-state index in [9.17, 15) is 32.8 Å². The van der Waals surface area contributed by atoms with Crippen LogP contribution in [0.15, 0.2) is 18.2 Å². The van der Waals surface area contributed by atoms with Crippen molar-refractivity contribution in [1.29, 1.82) is 0 Å². The second-order valence-corrected chi connectivity index (χ2v) is 8.59. The van der Waals surface area contributed by atoms with Gasteiger partial charge in [-0.05, 0) is 45.2 Å². The van der Waals surface area contributed by atoms with Crippen LogP contribution in [0.2, 0.25) is 0 Å². The summed E-state index contributed by atoms with van der Waals surface area (Å²) in [5, 5.41) is 7.73. The van der Waals surface area contributed by atoms with Gasteiger partial charge in [-0.2, -0.15) is 0 Å². The first-order chi connectivity index (χ1) is 15.6. The Morgan fingerprint density at radius 2 is 1.85 bits per heavy atom. The van der Waals surface area contributed by atoms with Gasteiger partial charge in [0.1, 0.15) is 11.5 Å². The molecule has 2 aliphatic rings. The third kappa shape index (κ3) is 4.86. The minimum Gasteiger partial charge on any atom is -0.384 e. The molecule has 0 bridgehead atoms. The summed E-state index contributed by atoms with van der Waals surface area (Å²) in [4.78, 5) is 62.1. The second kappa shape index (κ2) is 9.63. The molecule has 1 unspecified atom stereocenters. The van der Waals surface area contributed by atoms with Crippen LogP contribution in [0.1, 0.15) is 60.2 Å². The molecule has 2 aliphatic heterocycles. The molecular weight excluding hydrogens is 438 g/mol. The molecule has 11 heteroatoms. The number of anilines is 1. The predicted octanol–water partition coefficient (Wildman–Crippen LogP) is 1.69. The zero-order valence-electron chi connectivity index (χ0n) is 18.4. The molecule has 0 saturated carbocycles. The SMILES string of the molecule is CC(C)(C(=O)NCCCCNc1cccc2c1C(=O)N(C1CCC(=O)NC1=O)C2=O)C(F)F. The number of benzene rings is 1. The van der Waals surface area contributed by atoms with Gasteiger partial charge < -0.3 is 10.6 Å². The van der Waals surface area contributed by atoms with Crippen molar-refractivity contribution in [3.63, 3.8) is 0 Å². The summed E-state index contributed by atoms with van der Waals surface area (Å²) in [5.41, 5.74) is -0.983. The molecule has 0 aliphatic carbocycles. The van der Waals surface area contributed by atoms with Gasteiger partial charge in [-0.3, -0.25) is 34.2 Å². The summed E-state index contributed by atoms with van der Waals surface area (Å²) >= 11 is 0. The summed E-state index contributed by atoms with van der Waals surface area (Å²) in [6, 6.07) is 3.73. The van der Waals surface area contributed by atoms with E-state index in [2.05, 4.69) is 16.0 Å². The number of unbranched alkanes of at least 4 members (excludes halogenated alkanes) is 1. The summed E-state index contributed by atoms with van der Waals surface area (Å²) in [6.07, 6.45) is -1.56. The lowest BCUT2D eigenvalue weighted by Crippen LogP contribution is -2.54. The van der Waals surface area contributed by atoms with Gasteiger partial charge in [-0.25, -0.2) is 8.78 Å². The highest BCUT2D eigenvalue weighted by atomic mass is 19.3. The molecule has 1 saturated heterocycles. The van der Waals surface area contributed by atoms with E-state index < -0.39 is 47.4 Å². The fraction of sp³-hybridized carbons (Fsp3) is 0.500. The van der Waals surface area contributed by atoms with Gasteiger partial charge in [0.25, 0.3) is 18.2 Å².